The van der Waals surface area contributed by atoms with E-state index in [4.69, 9.17) is 12.2 Å². The molecule has 0 saturated carbocycles. The van der Waals surface area contributed by atoms with E-state index in [9.17, 15) is 0 Å². The van der Waals surface area contributed by atoms with Crippen molar-refractivity contribution in [2.24, 2.45) is 0 Å². The van der Waals surface area contributed by atoms with Crippen molar-refractivity contribution in [1.82, 2.24) is 4.90 Å². The van der Waals surface area contributed by atoms with E-state index in [0.717, 1.165) is 10.8 Å². The monoisotopic (exact) mass is 236 g/mol. The van der Waals surface area contributed by atoms with E-state index in [1.807, 2.05) is 13.1 Å². The van der Waals surface area contributed by atoms with Gasteiger partial charge < -0.3 is 10.2 Å². The maximum absolute atomic E-state index is 5.35. The molecule has 1 N–H and O–H groups in total. The lowest BCUT2D eigenvalue weighted by Gasteiger charge is -2.25. The Kier molecular flexibility index (Phi) is 4.30. The van der Waals surface area contributed by atoms with E-state index in [0.29, 0.717) is 6.04 Å². The van der Waals surface area contributed by atoms with Crippen LogP contribution in [0.1, 0.15) is 25.0 Å². The minimum atomic E-state index is 0.408. The number of hydrogen-bond donors (Lipinski definition) is 1. The fraction of sp³-hybridized carbons (Fsp3) is 0.462. The zero-order valence-electron chi connectivity index (χ0n) is 10.7. The molecular formula is C13H20N2S. The number of anilines is 1. The Morgan fingerprint density at radius 2 is 1.94 bits per heavy atom. The average molecular weight is 236 g/mol. The fourth-order valence-electron chi connectivity index (χ4n) is 1.32. The summed E-state index contributed by atoms with van der Waals surface area (Å²) in [6, 6.07) is 6.62. The van der Waals surface area contributed by atoms with Crippen LogP contribution in [0.25, 0.3) is 0 Å². The summed E-state index contributed by atoms with van der Waals surface area (Å²) >= 11 is 5.35. The molecule has 0 amide bonds. The van der Waals surface area contributed by atoms with Gasteiger partial charge in [-0.15, -0.1) is 0 Å². The number of benzene rings is 1. The maximum atomic E-state index is 5.35. The molecular weight excluding hydrogens is 216 g/mol. The zero-order chi connectivity index (χ0) is 12.3. The van der Waals surface area contributed by atoms with Crippen LogP contribution >= 0.6 is 12.2 Å². The molecule has 0 heterocycles. The van der Waals surface area contributed by atoms with Gasteiger partial charge in [0.15, 0.2) is 5.11 Å². The largest absolute Gasteiger partial charge is 0.350 e. The molecule has 88 valence electrons. The van der Waals surface area contributed by atoms with Gasteiger partial charge in [0.2, 0.25) is 0 Å². The third-order valence-electron chi connectivity index (χ3n) is 2.94. The van der Waals surface area contributed by atoms with E-state index in [2.05, 4.69) is 50.0 Å². The Hall–Kier alpha value is -1.09. The highest BCUT2D eigenvalue weighted by Crippen LogP contribution is 2.18. The smallest absolute Gasteiger partial charge is 0.173 e. The fourth-order valence-corrected chi connectivity index (χ4v) is 1.65. The molecule has 16 heavy (non-hydrogen) atoms. The van der Waals surface area contributed by atoms with Crippen LogP contribution < -0.4 is 5.32 Å². The van der Waals surface area contributed by atoms with Gasteiger partial charge in [-0.2, -0.15) is 0 Å². The minimum Gasteiger partial charge on any atom is -0.350 e. The Bertz CT molecular complexity index is 386. The van der Waals surface area contributed by atoms with Crippen LogP contribution in [0.5, 0.6) is 0 Å². The lowest BCUT2D eigenvalue weighted by atomic mass is 10.1. The SMILES string of the molecule is Cc1cccc(NC(=S)N(C)C(C)C)c1C. The summed E-state index contributed by atoms with van der Waals surface area (Å²) in [6.07, 6.45) is 0. The van der Waals surface area contributed by atoms with Crippen molar-refractivity contribution in [3.8, 4) is 0 Å². The number of nitrogens with one attached hydrogen (secondary N) is 1. The lowest BCUT2D eigenvalue weighted by Crippen LogP contribution is -2.36. The van der Waals surface area contributed by atoms with E-state index in [1.54, 1.807) is 0 Å². The van der Waals surface area contributed by atoms with Crippen molar-refractivity contribution in [2.75, 3.05) is 12.4 Å². The molecule has 0 aliphatic heterocycles. The Labute approximate surface area is 104 Å². The van der Waals surface area contributed by atoms with Crippen LogP contribution in [0.15, 0.2) is 18.2 Å². The Morgan fingerprint density at radius 3 is 2.50 bits per heavy atom. The predicted molar refractivity (Wildman–Crippen MR) is 75.0 cm³/mol. The van der Waals surface area contributed by atoms with Gasteiger partial charge in [0.05, 0.1) is 0 Å². The van der Waals surface area contributed by atoms with Crippen LogP contribution in [-0.4, -0.2) is 23.1 Å². The summed E-state index contributed by atoms with van der Waals surface area (Å²) in [5, 5.41) is 4.06. The van der Waals surface area contributed by atoms with E-state index in [1.165, 1.54) is 11.1 Å². The van der Waals surface area contributed by atoms with Crippen LogP contribution in [-0.2, 0) is 0 Å². The van der Waals surface area contributed by atoms with E-state index >= 15 is 0 Å². The molecule has 0 bridgehead atoms. The Balaban J connectivity index is 2.81. The summed E-state index contributed by atoms with van der Waals surface area (Å²) in [7, 11) is 2.01. The van der Waals surface area contributed by atoms with Gasteiger partial charge in [-0.3, -0.25) is 0 Å². The second kappa shape index (κ2) is 5.30. The number of rotatable bonds is 2. The molecule has 1 aromatic carbocycles. The molecule has 0 aromatic heterocycles. The van der Waals surface area contributed by atoms with Crippen LogP contribution in [0.2, 0.25) is 0 Å². The normalized spacial score (nSPS) is 10.4. The third kappa shape index (κ3) is 2.95. The van der Waals surface area contributed by atoms with Gasteiger partial charge in [-0.1, -0.05) is 12.1 Å². The molecule has 0 radical (unpaired) electrons. The van der Waals surface area contributed by atoms with Gasteiger partial charge in [-0.05, 0) is 57.1 Å². The maximum Gasteiger partial charge on any atom is 0.173 e. The van der Waals surface area contributed by atoms with Gasteiger partial charge in [0.1, 0.15) is 0 Å². The molecule has 0 unspecified atom stereocenters. The highest BCUT2D eigenvalue weighted by Gasteiger charge is 2.09. The summed E-state index contributed by atoms with van der Waals surface area (Å²) < 4.78 is 0. The van der Waals surface area contributed by atoms with Crippen molar-refractivity contribution in [3.63, 3.8) is 0 Å². The van der Waals surface area contributed by atoms with Crippen molar-refractivity contribution in [3.05, 3.63) is 29.3 Å². The molecule has 0 fully saturated rings. The highest BCUT2D eigenvalue weighted by molar-refractivity contribution is 7.80. The Morgan fingerprint density at radius 1 is 1.31 bits per heavy atom. The summed E-state index contributed by atoms with van der Waals surface area (Å²) in [4.78, 5) is 2.05. The van der Waals surface area contributed by atoms with Crippen molar-refractivity contribution < 1.29 is 0 Å². The number of nitrogens with zero attached hydrogens (tertiary/aromatic N) is 1. The number of hydrogen-bond acceptors (Lipinski definition) is 1. The van der Waals surface area contributed by atoms with Crippen LogP contribution in [0, 0.1) is 13.8 Å². The number of aryl methyl sites for hydroxylation is 1. The van der Waals surface area contributed by atoms with Gasteiger partial charge in [0.25, 0.3) is 0 Å². The third-order valence-corrected chi connectivity index (χ3v) is 3.33. The quantitative estimate of drug-likeness (QED) is 0.793. The molecule has 0 aliphatic rings. The zero-order valence-corrected chi connectivity index (χ0v) is 11.5. The second-order valence-electron chi connectivity index (χ2n) is 4.38. The van der Waals surface area contributed by atoms with Crippen molar-refractivity contribution in [2.45, 2.75) is 33.7 Å². The molecule has 0 aliphatic carbocycles. The molecule has 0 spiro atoms. The topological polar surface area (TPSA) is 15.3 Å². The minimum absolute atomic E-state index is 0.408. The van der Waals surface area contributed by atoms with E-state index in [-0.39, 0.29) is 0 Å². The van der Waals surface area contributed by atoms with E-state index < -0.39 is 0 Å². The molecule has 0 atom stereocenters. The van der Waals surface area contributed by atoms with Crippen molar-refractivity contribution in [1.29, 1.82) is 0 Å². The van der Waals surface area contributed by atoms with Gasteiger partial charge >= 0.3 is 0 Å². The molecule has 1 aromatic rings. The van der Waals surface area contributed by atoms with Crippen molar-refractivity contribution >= 4 is 23.0 Å². The predicted octanol–water partition coefficient (Wildman–Crippen LogP) is 3.34. The first kappa shape index (κ1) is 13.0. The van der Waals surface area contributed by atoms with Crippen LogP contribution in [0.3, 0.4) is 0 Å². The molecule has 2 nitrogen and oxygen atoms in total. The molecule has 3 heteroatoms. The second-order valence-corrected chi connectivity index (χ2v) is 4.77. The van der Waals surface area contributed by atoms with Gasteiger partial charge in [-0.25, -0.2) is 0 Å². The summed E-state index contributed by atoms with van der Waals surface area (Å²) in [5.74, 6) is 0. The summed E-state index contributed by atoms with van der Waals surface area (Å²) in [5.41, 5.74) is 3.62. The summed E-state index contributed by atoms with van der Waals surface area (Å²) in [6.45, 7) is 8.46. The lowest BCUT2D eigenvalue weighted by molar-refractivity contribution is 0.423. The highest BCUT2D eigenvalue weighted by atomic mass is 32.1. The molecule has 0 saturated heterocycles. The van der Waals surface area contributed by atoms with Gasteiger partial charge in [0, 0.05) is 18.8 Å². The standard InChI is InChI=1S/C13H20N2S/c1-9(2)15(5)13(16)14-12-8-6-7-10(3)11(12)4/h6-9H,1-5H3,(H,14,16). The van der Waals surface area contributed by atoms with Crippen LogP contribution in [0.4, 0.5) is 5.69 Å². The number of thiocarbonyl (C=S) groups is 1. The average Bonchev–Trinajstić information content (AvgIpc) is 2.23. The first-order valence-electron chi connectivity index (χ1n) is 5.53. The molecule has 1 rings (SSSR count). The first-order valence-corrected chi connectivity index (χ1v) is 5.94. The first-order chi connectivity index (χ1) is 7.43.